The first kappa shape index (κ1) is 17.3. The summed E-state index contributed by atoms with van der Waals surface area (Å²) >= 11 is 0. The molecule has 1 aromatic carbocycles. The minimum atomic E-state index is 0.868. The van der Waals surface area contributed by atoms with Gasteiger partial charge < -0.3 is 15.5 Å². The average molecular weight is 336 g/mol. The van der Waals surface area contributed by atoms with Crippen molar-refractivity contribution in [2.24, 2.45) is 0 Å². The van der Waals surface area contributed by atoms with Gasteiger partial charge in [-0.3, -0.25) is 4.98 Å². The Balaban J connectivity index is 2.08. The third-order valence-electron chi connectivity index (χ3n) is 4.99. The van der Waals surface area contributed by atoms with Gasteiger partial charge in [0.05, 0.1) is 11.4 Å². The molecule has 0 spiro atoms. The molecule has 1 aromatic heterocycles. The molecule has 2 heterocycles. The van der Waals surface area contributed by atoms with Gasteiger partial charge in [-0.25, -0.2) is 0 Å². The van der Waals surface area contributed by atoms with Crippen molar-refractivity contribution in [3.05, 3.63) is 48.3 Å². The molecule has 0 atom stereocenters. The van der Waals surface area contributed by atoms with E-state index in [1.54, 1.807) is 0 Å². The van der Waals surface area contributed by atoms with Gasteiger partial charge in [-0.2, -0.15) is 0 Å². The SMILES string of the molecule is C=C(NC)c1ncc(-c2cc(NC)ccc2C)cc1N1CCCCC1. The van der Waals surface area contributed by atoms with E-state index < -0.39 is 0 Å². The van der Waals surface area contributed by atoms with Crippen LogP contribution in [0.4, 0.5) is 11.4 Å². The molecule has 25 heavy (non-hydrogen) atoms. The number of nitrogens with one attached hydrogen (secondary N) is 2. The second kappa shape index (κ2) is 7.60. The van der Waals surface area contributed by atoms with Crippen LogP contribution in [0.2, 0.25) is 0 Å². The highest BCUT2D eigenvalue weighted by atomic mass is 15.1. The number of rotatable bonds is 5. The number of aryl methyl sites for hydroxylation is 1. The molecule has 1 saturated heterocycles. The lowest BCUT2D eigenvalue weighted by atomic mass is 9.99. The first-order chi connectivity index (χ1) is 12.1. The summed E-state index contributed by atoms with van der Waals surface area (Å²) in [5.74, 6) is 0. The number of hydrogen-bond donors (Lipinski definition) is 2. The minimum absolute atomic E-state index is 0.868. The predicted octanol–water partition coefficient (Wildman–Crippen LogP) is 4.28. The average Bonchev–Trinajstić information content (AvgIpc) is 2.68. The Bertz CT molecular complexity index is 760. The van der Waals surface area contributed by atoms with Crippen LogP contribution in [0.3, 0.4) is 0 Å². The highest BCUT2D eigenvalue weighted by Gasteiger charge is 2.18. The van der Waals surface area contributed by atoms with Crippen LogP contribution < -0.4 is 15.5 Å². The smallest absolute Gasteiger partial charge is 0.109 e. The summed E-state index contributed by atoms with van der Waals surface area (Å²) in [5, 5.41) is 6.38. The summed E-state index contributed by atoms with van der Waals surface area (Å²) in [6, 6.07) is 8.73. The molecule has 1 fully saturated rings. The van der Waals surface area contributed by atoms with Gasteiger partial charge in [-0.1, -0.05) is 12.6 Å². The first-order valence-electron chi connectivity index (χ1n) is 9.05. The van der Waals surface area contributed by atoms with Crippen molar-refractivity contribution in [3.8, 4) is 11.1 Å². The Morgan fingerprint density at radius 3 is 2.56 bits per heavy atom. The zero-order chi connectivity index (χ0) is 17.8. The van der Waals surface area contributed by atoms with Gasteiger partial charge in [-0.05, 0) is 55.5 Å². The number of piperidine rings is 1. The molecule has 0 radical (unpaired) electrons. The maximum Gasteiger partial charge on any atom is 0.109 e. The normalized spacial score (nSPS) is 14.3. The van der Waals surface area contributed by atoms with E-state index in [-0.39, 0.29) is 0 Å². The van der Waals surface area contributed by atoms with Crippen LogP contribution >= 0.6 is 0 Å². The van der Waals surface area contributed by atoms with Crippen LogP contribution in [0.5, 0.6) is 0 Å². The lowest BCUT2D eigenvalue weighted by molar-refractivity contribution is 0.577. The maximum atomic E-state index is 4.77. The third-order valence-corrected chi connectivity index (χ3v) is 4.99. The minimum Gasteiger partial charge on any atom is -0.388 e. The topological polar surface area (TPSA) is 40.2 Å². The molecule has 4 nitrogen and oxygen atoms in total. The van der Waals surface area contributed by atoms with E-state index in [1.165, 1.54) is 36.1 Å². The van der Waals surface area contributed by atoms with E-state index in [2.05, 4.69) is 53.3 Å². The number of benzene rings is 1. The summed E-state index contributed by atoms with van der Waals surface area (Å²) in [6.45, 7) is 8.46. The molecule has 0 unspecified atom stereocenters. The highest BCUT2D eigenvalue weighted by molar-refractivity contribution is 5.79. The molecular formula is C21H28N4. The summed E-state index contributed by atoms with van der Waals surface area (Å²) in [6.07, 6.45) is 5.76. The molecular weight excluding hydrogens is 308 g/mol. The molecule has 132 valence electrons. The van der Waals surface area contributed by atoms with Crippen molar-refractivity contribution in [1.29, 1.82) is 0 Å². The van der Waals surface area contributed by atoms with Gasteiger partial charge in [-0.15, -0.1) is 0 Å². The van der Waals surface area contributed by atoms with Gasteiger partial charge >= 0.3 is 0 Å². The lowest BCUT2D eigenvalue weighted by Crippen LogP contribution is -2.30. The Morgan fingerprint density at radius 1 is 1.12 bits per heavy atom. The van der Waals surface area contributed by atoms with Gasteiger partial charge in [0.15, 0.2) is 0 Å². The van der Waals surface area contributed by atoms with E-state index in [1.807, 2.05) is 20.3 Å². The molecule has 1 aliphatic rings. The number of pyridine rings is 1. The van der Waals surface area contributed by atoms with Gasteiger partial charge in [0.25, 0.3) is 0 Å². The fourth-order valence-electron chi connectivity index (χ4n) is 3.42. The van der Waals surface area contributed by atoms with Crippen molar-refractivity contribution < 1.29 is 0 Å². The number of anilines is 2. The first-order valence-corrected chi connectivity index (χ1v) is 9.05. The molecule has 2 aromatic rings. The van der Waals surface area contributed by atoms with Crippen LogP contribution in [0.15, 0.2) is 37.0 Å². The van der Waals surface area contributed by atoms with Crippen molar-refractivity contribution in [1.82, 2.24) is 10.3 Å². The van der Waals surface area contributed by atoms with Crippen LogP contribution in [0.25, 0.3) is 16.8 Å². The summed E-state index contributed by atoms with van der Waals surface area (Å²) in [7, 11) is 3.85. The Kier molecular flexibility index (Phi) is 5.27. The highest BCUT2D eigenvalue weighted by Crippen LogP contribution is 2.33. The Labute approximate surface area is 151 Å². The zero-order valence-electron chi connectivity index (χ0n) is 15.5. The molecule has 0 saturated carbocycles. The quantitative estimate of drug-likeness (QED) is 0.855. The van der Waals surface area contributed by atoms with Crippen LogP contribution in [-0.2, 0) is 0 Å². The van der Waals surface area contributed by atoms with Crippen LogP contribution in [0, 0.1) is 6.92 Å². The van der Waals surface area contributed by atoms with Gasteiger partial charge in [0, 0.05) is 44.6 Å². The molecule has 3 rings (SSSR count). The van der Waals surface area contributed by atoms with E-state index in [0.29, 0.717) is 0 Å². The Hall–Kier alpha value is -2.49. The largest absolute Gasteiger partial charge is 0.388 e. The van der Waals surface area contributed by atoms with Crippen molar-refractivity contribution in [3.63, 3.8) is 0 Å². The number of nitrogens with zero attached hydrogens (tertiary/aromatic N) is 2. The van der Waals surface area contributed by atoms with E-state index in [4.69, 9.17) is 4.98 Å². The molecule has 0 amide bonds. The fourth-order valence-corrected chi connectivity index (χ4v) is 3.42. The summed E-state index contributed by atoms with van der Waals surface area (Å²) in [4.78, 5) is 7.23. The molecule has 2 N–H and O–H groups in total. The number of hydrogen-bond acceptors (Lipinski definition) is 4. The number of aromatic nitrogens is 1. The molecule has 1 aliphatic heterocycles. The zero-order valence-corrected chi connectivity index (χ0v) is 15.5. The van der Waals surface area contributed by atoms with Crippen molar-refractivity contribution >= 4 is 17.1 Å². The van der Waals surface area contributed by atoms with Crippen LogP contribution in [0.1, 0.15) is 30.5 Å². The summed E-state index contributed by atoms with van der Waals surface area (Å²) < 4.78 is 0. The third kappa shape index (κ3) is 3.63. The van der Waals surface area contributed by atoms with Crippen molar-refractivity contribution in [2.75, 3.05) is 37.4 Å². The second-order valence-corrected chi connectivity index (χ2v) is 6.65. The van der Waals surface area contributed by atoms with E-state index in [0.717, 1.165) is 35.7 Å². The monoisotopic (exact) mass is 336 g/mol. The fraction of sp³-hybridized carbons (Fsp3) is 0.381. The standard InChI is InChI=1S/C21H28N4/c1-15-8-9-18(23-4)13-19(15)17-12-20(25-10-6-5-7-11-25)21(24-14-17)16(2)22-3/h8-9,12-14,22-23H,2,5-7,10-11H2,1,3-4H3. The van der Waals surface area contributed by atoms with Crippen LogP contribution in [-0.4, -0.2) is 32.2 Å². The molecule has 0 bridgehead atoms. The molecule has 4 heteroatoms. The van der Waals surface area contributed by atoms with Crippen molar-refractivity contribution in [2.45, 2.75) is 26.2 Å². The van der Waals surface area contributed by atoms with E-state index in [9.17, 15) is 0 Å². The van der Waals surface area contributed by atoms with Gasteiger partial charge in [0.1, 0.15) is 5.69 Å². The summed E-state index contributed by atoms with van der Waals surface area (Å²) in [5.41, 5.74) is 7.76. The predicted molar refractivity (Wildman–Crippen MR) is 108 cm³/mol. The van der Waals surface area contributed by atoms with E-state index >= 15 is 0 Å². The van der Waals surface area contributed by atoms with Gasteiger partial charge in [0.2, 0.25) is 0 Å². The Morgan fingerprint density at radius 2 is 1.88 bits per heavy atom. The maximum absolute atomic E-state index is 4.77. The second-order valence-electron chi connectivity index (χ2n) is 6.65. The molecule has 0 aliphatic carbocycles. The lowest BCUT2D eigenvalue weighted by Gasteiger charge is -2.31.